The summed E-state index contributed by atoms with van der Waals surface area (Å²) in [5.41, 5.74) is 2.46. The number of ether oxygens (including phenoxy) is 1. The van der Waals surface area contributed by atoms with Crippen LogP contribution in [0.4, 0.5) is 36.4 Å². The normalized spacial score (nSPS) is 16.3. The Balaban J connectivity index is 1.60. The zero-order valence-electron chi connectivity index (χ0n) is 17.0. The van der Waals surface area contributed by atoms with Crippen LogP contribution in [0.1, 0.15) is 29.2 Å². The maximum atomic E-state index is 13.3. The number of hydrogen-bond acceptors (Lipinski definition) is 2. The molecular weight excluding hydrogens is 451 g/mol. The number of rotatable bonds is 5. The van der Waals surface area contributed by atoms with E-state index in [-0.39, 0.29) is 11.8 Å². The van der Waals surface area contributed by atoms with Gasteiger partial charge in [-0.3, -0.25) is 0 Å². The van der Waals surface area contributed by atoms with Crippen molar-refractivity contribution in [1.29, 1.82) is 0 Å². The van der Waals surface area contributed by atoms with E-state index in [0.717, 1.165) is 17.7 Å². The number of benzene rings is 3. The molecule has 4 rings (SSSR count). The first kappa shape index (κ1) is 22.9. The molecule has 3 aromatic carbocycles. The van der Waals surface area contributed by atoms with Crippen LogP contribution in [0.3, 0.4) is 0 Å². The molecule has 0 aromatic heterocycles. The van der Waals surface area contributed by atoms with Crippen molar-refractivity contribution in [2.75, 3.05) is 5.32 Å². The van der Waals surface area contributed by atoms with E-state index in [9.17, 15) is 30.7 Å². The first-order chi connectivity index (χ1) is 15.5. The van der Waals surface area contributed by atoms with Gasteiger partial charge in [-0.05, 0) is 65.4 Å². The van der Waals surface area contributed by atoms with Gasteiger partial charge in [0.05, 0.1) is 11.6 Å². The largest absolute Gasteiger partial charge is 0.461 e. The molecule has 0 amide bonds. The van der Waals surface area contributed by atoms with Crippen LogP contribution in [0, 0.1) is 0 Å². The molecule has 1 aliphatic rings. The lowest BCUT2D eigenvalue weighted by atomic mass is 9.88. The lowest BCUT2D eigenvalue weighted by molar-refractivity contribution is -0.253. The smallest absolute Gasteiger partial charge is 0.428 e. The third kappa shape index (κ3) is 4.91. The monoisotopic (exact) mass is 469 g/mol. The van der Waals surface area contributed by atoms with Gasteiger partial charge < -0.3 is 10.1 Å². The first-order valence-corrected chi connectivity index (χ1v) is 10.1. The van der Waals surface area contributed by atoms with Gasteiger partial charge in [-0.15, -0.1) is 0 Å². The Morgan fingerprint density at radius 1 is 0.879 bits per heavy atom. The number of nitrogens with one attached hydrogen (secondary N) is 1. The van der Waals surface area contributed by atoms with Crippen molar-refractivity contribution in [2.45, 2.75) is 37.6 Å². The van der Waals surface area contributed by atoms with Gasteiger partial charge in [0, 0.05) is 5.69 Å². The number of halogens is 7. The zero-order valence-corrected chi connectivity index (χ0v) is 17.0. The second kappa shape index (κ2) is 8.61. The third-order valence-electron chi connectivity index (χ3n) is 5.46. The summed E-state index contributed by atoms with van der Waals surface area (Å²) in [5, 5.41) is 3.27. The van der Waals surface area contributed by atoms with Gasteiger partial charge >= 0.3 is 18.7 Å². The Morgan fingerprint density at radius 2 is 1.61 bits per heavy atom. The number of fused-ring (bicyclic) bond motifs is 1. The fraction of sp³-hybridized carbons (Fsp3) is 0.250. The van der Waals surface area contributed by atoms with Crippen LogP contribution < -0.4 is 10.1 Å². The van der Waals surface area contributed by atoms with Crippen LogP contribution in [-0.4, -0.2) is 12.5 Å². The van der Waals surface area contributed by atoms with E-state index in [0.29, 0.717) is 35.2 Å². The van der Waals surface area contributed by atoms with Crippen LogP contribution in [0.2, 0.25) is 0 Å². The summed E-state index contributed by atoms with van der Waals surface area (Å²) in [7, 11) is 0. The highest BCUT2D eigenvalue weighted by atomic mass is 19.4. The van der Waals surface area contributed by atoms with E-state index in [1.807, 2.05) is 0 Å². The van der Waals surface area contributed by atoms with Crippen molar-refractivity contribution in [3.8, 4) is 16.9 Å². The molecule has 9 heteroatoms. The van der Waals surface area contributed by atoms with Crippen molar-refractivity contribution < 1.29 is 35.5 Å². The third-order valence-corrected chi connectivity index (χ3v) is 5.46. The second-order valence-electron chi connectivity index (χ2n) is 7.68. The molecule has 174 valence electrons. The predicted octanol–water partition coefficient (Wildman–Crippen LogP) is 7.71. The van der Waals surface area contributed by atoms with Crippen LogP contribution in [0.5, 0.6) is 5.75 Å². The molecule has 0 radical (unpaired) electrons. The zero-order chi connectivity index (χ0) is 23.8. The lowest BCUT2D eigenvalue weighted by Gasteiger charge is -2.29. The van der Waals surface area contributed by atoms with Crippen molar-refractivity contribution in [1.82, 2.24) is 0 Å². The molecular formula is C24H18F7NO. The van der Waals surface area contributed by atoms with Crippen molar-refractivity contribution >= 4 is 5.69 Å². The molecule has 33 heavy (non-hydrogen) atoms. The average molecular weight is 469 g/mol. The Bertz CT molecular complexity index is 1140. The fourth-order valence-corrected chi connectivity index (χ4v) is 3.92. The van der Waals surface area contributed by atoms with Gasteiger partial charge in [-0.25, -0.2) is 0 Å². The van der Waals surface area contributed by atoms with E-state index in [2.05, 4.69) is 10.1 Å². The molecule has 3 aromatic rings. The Kier molecular flexibility index (Phi) is 5.99. The van der Waals surface area contributed by atoms with Crippen LogP contribution >= 0.6 is 0 Å². The highest BCUT2D eigenvalue weighted by Crippen LogP contribution is 2.40. The topological polar surface area (TPSA) is 21.3 Å². The van der Waals surface area contributed by atoms with E-state index < -0.39 is 24.3 Å². The summed E-state index contributed by atoms with van der Waals surface area (Å²) in [5.74, 6) is -0.386. The van der Waals surface area contributed by atoms with E-state index >= 15 is 0 Å². The van der Waals surface area contributed by atoms with Crippen LogP contribution in [0.15, 0.2) is 66.7 Å². The number of hydrogen-bond donors (Lipinski definition) is 1. The standard InChI is InChI=1S/C24H18F7NO/c25-22(26)24(30,31)33-17-7-2-5-15(13-17)20-11-10-19-18(8-3-9-21(19)32-20)14-4-1-6-16(12-14)23(27,28)29/h1-9,12-13,20,22,32H,10-11H2. The van der Waals surface area contributed by atoms with E-state index in [4.69, 9.17) is 0 Å². The van der Waals surface area contributed by atoms with Crippen molar-refractivity contribution in [3.05, 3.63) is 83.4 Å². The predicted molar refractivity (Wildman–Crippen MR) is 110 cm³/mol. The van der Waals surface area contributed by atoms with Gasteiger partial charge in [0.1, 0.15) is 5.75 Å². The summed E-state index contributed by atoms with van der Waals surface area (Å²) in [6.45, 7) is 0. The van der Waals surface area contributed by atoms with E-state index in [1.54, 1.807) is 30.3 Å². The molecule has 1 atom stereocenters. The van der Waals surface area contributed by atoms with Gasteiger partial charge in [0.15, 0.2) is 0 Å². The highest BCUT2D eigenvalue weighted by Gasteiger charge is 2.44. The summed E-state index contributed by atoms with van der Waals surface area (Å²) in [6, 6.07) is 15.5. The van der Waals surface area contributed by atoms with Crippen molar-refractivity contribution in [2.24, 2.45) is 0 Å². The maximum absolute atomic E-state index is 13.3. The summed E-state index contributed by atoms with van der Waals surface area (Å²) < 4.78 is 94.9. The number of alkyl halides is 7. The quantitative estimate of drug-likeness (QED) is 0.387. The highest BCUT2D eigenvalue weighted by molar-refractivity contribution is 5.75. The lowest BCUT2D eigenvalue weighted by Crippen LogP contribution is -2.33. The molecule has 0 bridgehead atoms. The van der Waals surface area contributed by atoms with Gasteiger partial charge in [0.25, 0.3) is 0 Å². The Hall–Kier alpha value is -3.23. The summed E-state index contributed by atoms with van der Waals surface area (Å²) in [6.07, 6.45) is -12.0. The molecule has 0 aliphatic carbocycles. The molecule has 2 nitrogen and oxygen atoms in total. The SMILES string of the molecule is FC(F)C(F)(F)Oc1cccc(C2CCc3c(cccc3-c3cccc(C(F)(F)F)c3)N2)c1. The van der Waals surface area contributed by atoms with Crippen LogP contribution in [0.25, 0.3) is 11.1 Å². The molecule has 0 saturated heterocycles. The number of anilines is 1. The minimum atomic E-state index is -4.61. The van der Waals surface area contributed by atoms with Gasteiger partial charge in [0.2, 0.25) is 0 Å². The fourth-order valence-electron chi connectivity index (χ4n) is 3.92. The molecule has 0 spiro atoms. The molecule has 1 N–H and O–H groups in total. The van der Waals surface area contributed by atoms with Gasteiger partial charge in [-0.1, -0.05) is 36.4 Å². The molecule has 0 fully saturated rings. The molecule has 1 aliphatic heterocycles. The van der Waals surface area contributed by atoms with Crippen molar-refractivity contribution in [3.63, 3.8) is 0 Å². The Morgan fingerprint density at radius 3 is 2.33 bits per heavy atom. The molecule has 1 unspecified atom stereocenters. The summed E-state index contributed by atoms with van der Waals surface area (Å²) >= 11 is 0. The first-order valence-electron chi connectivity index (χ1n) is 10.1. The maximum Gasteiger partial charge on any atom is 0.461 e. The second-order valence-corrected chi connectivity index (χ2v) is 7.68. The minimum absolute atomic E-state index is 0.321. The van der Waals surface area contributed by atoms with E-state index in [1.165, 1.54) is 24.3 Å². The van der Waals surface area contributed by atoms with Crippen LogP contribution in [-0.2, 0) is 12.6 Å². The molecule has 1 heterocycles. The average Bonchev–Trinajstić information content (AvgIpc) is 2.77. The summed E-state index contributed by atoms with van der Waals surface area (Å²) in [4.78, 5) is 0. The minimum Gasteiger partial charge on any atom is -0.428 e. The molecule has 0 saturated carbocycles. The van der Waals surface area contributed by atoms with Gasteiger partial charge in [-0.2, -0.15) is 30.7 Å². The Labute approximate surface area is 185 Å².